The summed E-state index contributed by atoms with van der Waals surface area (Å²) in [6.07, 6.45) is 4.51. The molecular formula is C10H14ClN5O. The number of ether oxygens (including phenoxy) is 1. The van der Waals surface area contributed by atoms with E-state index < -0.39 is 0 Å². The fourth-order valence-corrected chi connectivity index (χ4v) is 1.45. The second kappa shape index (κ2) is 5.49. The Kier molecular flexibility index (Phi) is 4.28. The van der Waals surface area contributed by atoms with Crippen molar-refractivity contribution in [3.63, 3.8) is 0 Å². The molecular weight excluding hydrogens is 242 g/mol. The first kappa shape index (κ1) is 13.2. The Balaban J connectivity index is 3.07. The van der Waals surface area contributed by atoms with Gasteiger partial charge in [0.2, 0.25) is 5.90 Å². The van der Waals surface area contributed by atoms with E-state index in [-0.39, 0.29) is 17.1 Å². The molecule has 1 rings (SSSR count). The van der Waals surface area contributed by atoms with Crippen molar-refractivity contribution >= 4 is 28.4 Å². The SMILES string of the molecule is COC(=N)/C(=C\C(=N)Cl)C(C)n1cc(N)cn1. The molecule has 4 N–H and O–H groups in total. The van der Waals surface area contributed by atoms with Crippen LogP contribution >= 0.6 is 11.6 Å². The van der Waals surface area contributed by atoms with Gasteiger partial charge in [-0.05, 0) is 13.0 Å². The van der Waals surface area contributed by atoms with Gasteiger partial charge < -0.3 is 10.5 Å². The number of methoxy groups -OCH3 is 1. The molecule has 0 aliphatic heterocycles. The minimum atomic E-state index is -0.293. The van der Waals surface area contributed by atoms with Crippen molar-refractivity contribution in [2.24, 2.45) is 0 Å². The van der Waals surface area contributed by atoms with Gasteiger partial charge in [0.25, 0.3) is 0 Å². The van der Waals surface area contributed by atoms with Crippen LogP contribution in [0.5, 0.6) is 0 Å². The van der Waals surface area contributed by atoms with Crippen LogP contribution in [0.25, 0.3) is 0 Å². The van der Waals surface area contributed by atoms with Crippen LogP contribution in [0.4, 0.5) is 5.69 Å². The predicted octanol–water partition coefficient (Wildman–Crippen LogP) is 1.79. The molecule has 1 atom stereocenters. The van der Waals surface area contributed by atoms with Crippen molar-refractivity contribution in [1.29, 1.82) is 10.8 Å². The molecule has 7 heteroatoms. The van der Waals surface area contributed by atoms with Crippen molar-refractivity contribution in [2.45, 2.75) is 13.0 Å². The highest BCUT2D eigenvalue weighted by Gasteiger charge is 2.17. The zero-order valence-electron chi connectivity index (χ0n) is 9.57. The molecule has 1 aromatic heterocycles. The number of nitrogen functional groups attached to an aromatic ring is 1. The van der Waals surface area contributed by atoms with Gasteiger partial charge in [-0.15, -0.1) is 0 Å². The van der Waals surface area contributed by atoms with Gasteiger partial charge in [-0.3, -0.25) is 15.5 Å². The molecule has 0 aliphatic rings. The van der Waals surface area contributed by atoms with Gasteiger partial charge in [-0.25, -0.2) is 0 Å². The molecule has 0 radical (unpaired) electrons. The standard InChI is InChI=1S/C10H14ClN5O/c1-6(16-5-7(12)4-15-16)8(3-9(11)13)10(14)17-2/h3-6,13-14H,12H2,1-2H3/b8-3-,13-9?,14-10?. The van der Waals surface area contributed by atoms with Crippen LogP contribution in [0.15, 0.2) is 24.0 Å². The molecule has 0 aliphatic carbocycles. The van der Waals surface area contributed by atoms with Gasteiger partial charge in [-0.2, -0.15) is 5.10 Å². The highest BCUT2D eigenvalue weighted by atomic mass is 35.5. The Labute approximate surface area is 104 Å². The molecule has 0 fully saturated rings. The van der Waals surface area contributed by atoms with E-state index in [1.807, 2.05) is 6.92 Å². The zero-order chi connectivity index (χ0) is 13.0. The summed E-state index contributed by atoms with van der Waals surface area (Å²) in [4.78, 5) is 0. The quantitative estimate of drug-likeness (QED) is 0.565. The first-order chi connectivity index (χ1) is 7.95. The molecule has 0 spiro atoms. The summed E-state index contributed by atoms with van der Waals surface area (Å²) in [5.41, 5.74) is 6.55. The summed E-state index contributed by atoms with van der Waals surface area (Å²) in [6, 6.07) is -0.293. The molecule has 0 amide bonds. The van der Waals surface area contributed by atoms with Crippen molar-refractivity contribution < 1.29 is 4.74 Å². The van der Waals surface area contributed by atoms with Crippen LogP contribution in [-0.2, 0) is 4.74 Å². The van der Waals surface area contributed by atoms with Gasteiger partial charge >= 0.3 is 0 Å². The zero-order valence-corrected chi connectivity index (χ0v) is 10.3. The average Bonchev–Trinajstić information content (AvgIpc) is 2.70. The van der Waals surface area contributed by atoms with Crippen LogP contribution in [-0.4, -0.2) is 28.0 Å². The maximum atomic E-state index is 7.66. The first-order valence-electron chi connectivity index (χ1n) is 4.84. The van der Waals surface area contributed by atoms with E-state index in [1.54, 1.807) is 10.9 Å². The Morgan fingerprint density at radius 3 is 2.71 bits per heavy atom. The number of nitrogens with zero attached hydrogens (tertiary/aromatic N) is 2. The number of nitrogens with two attached hydrogens (primary N) is 1. The minimum Gasteiger partial charge on any atom is -0.481 e. The molecule has 0 saturated heterocycles. The first-order valence-corrected chi connectivity index (χ1v) is 5.21. The van der Waals surface area contributed by atoms with Crippen LogP contribution in [0.2, 0.25) is 0 Å². The summed E-state index contributed by atoms with van der Waals surface area (Å²) < 4.78 is 6.43. The number of hydrogen-bond donors (Lipinski definition) is 3. The molecule has 0 aromatic carbocycles. The normalized spacial score (nSPS) is 13.2. The smallest absolute Gasteiger partial charge is 0.211 e. The molecule has 0 saturated carbocycles. The second-order valence-corrected chi connectivity index (χ2v) is 3.82. The monoisotopic (exact) mass is 255 g/mol. The lowest BCUT2D eigenvalue weighted by Crippen LogP contribution is -2.17. The number of halogens is 1. The maximum absolute atomic E-state index is 7.66. The van der Waals surface area contributed by atoms with Crippen molar-refractivity contribution in [1.82, 2.24) is 9.78 Å². The van der Waals surface area contributed by atoms with Crippen LogP contribution in [0.3, 0.4) is 0 Å². The Hall–Kier alpha value is -1.82. The van der Waals surface area contributed by atoms with Crippen LogP contribution in [0, 0.1) is 10.8 Å². The highest BCUT2D eigenvalue weighted by Crippen LogP contribution is 2.19. The summed E-state index contributed by atoms with van der Waals surface area (Å²) in [7, 11) is 1.39. The molecule has 92 valence electrons. The lowest BCUT2D eigenvalue weighted by Gasteiger charge is -2.16. The van der Waals surface area contributed by atoms with E-state index in [2.05, 4.69) is 5.10 Å². The third-order valence-electron chi connectivity index (χ3n) is 2.22. The topological polar surface area (TPSA) is 101 Å². The molecule has 1 heterocycles. The van der Waals surface area contributed by atoms with Gasteiger partial charge in [-0.1, -0.05) is 11.6 Å². The van der Waals surface area contributed by atoms with E-state index in [0.29, 0.717) is 11.3 Å². The van der Waals surface area contributed by atoms with Gasteiger partial charge in [0.15, 0.2) is 0 Å². The lowest BCUT2D eigenvalue weighted by molar-refractivity contribution is 0.391. The van der Waals surface area contributed by atoms with Crippen LogP contribution in [0.1, 0.15) is 13.0 Å². The number of aromatic nitrogens is 2. The van der Waals surface area contributed by atoms with E-state index in [4.69, 9.17) is 32.9 Å². The van der Waals surface area contributed by atoms with Gasteiger partial charge in [0, 0.05) is 11.8 Å². The van der Waals surface area contributed by atoms with Crippen molar-refractivity contribution in [3.8, 4) is 0 Å². The summed E-state index contributed by atoms with van der Waals surface area (Å²) in [5, 5.41) is 18.8. The summed E-state index contributed by atoms with van der Waals surface area (Å²) in [6.45, 7) is 1.81. The van der Waals surface area contributed by atoms with Gasteiger partial charge in [0.05, 0.1) is 25.0 Å². The third-order valence-corrected chi connectivity index (χ3v) is 2.33. The fraction of sp³-hybridized carbons (Fsp3) is 0.300. The third kappa shape index (κ3) is 3.32. The van der Waals surface area contributed by atoms with Crippen LogP contribution < -0.4 is 5.73 Å². The Bertz CT molecular complexity index is 465. The highest BCUT2D eigenvalue weighted by molar-refractivity contribution is 6.67. The van der Waals surface area contributed by atoms with E-state index in [1.165, 1.54) is 19.4 Å². The number of allylic oxidation sites excluding steroid dienone is 1. The molecule has 17 heavy (non-hydrogen) atoms. The minimum absolute atomic E-state index is 0.0584. The maximum Gasteiger partial charge on any atom is 0.211 e. The van der Waals surface area contributed by atoms with Gasteiger partial charge in [0.1, 0.15) is 5.17 Å². The second-order valence-electron chi connectivity index (χ2n) is 3.41. The fourth-order valence-electron chi connectivity index (χ4n) is 1.34. The Morgan fingerprint density at radius 2 is 2.29 bits per heavy atom. The molecule has 1 aromatic rings. The lowest BCUT2D eigenvalue weighted by atomic mass is 10.1. The largest absolute Gasteiger partial charge is 0.481 e. The van der Waals surface area contributed by atoms with Crippen molar-refractivity contribution in [2.75, 3.05) is 12.8 Å². The molecule has 0 bridgehead atoms. The number of rotatable bonds is 4. The average molecular weight is 256 g/mol. The number of anilines is 1. The van der Waals surface area contributed by atoms with E-state index >= 15 is 0 Å². The summed E-state index contributed by atoms with van der Waals surface area (Å²) in [5.74, 6) is -0.0584. The predicted molar refractivity (Wildman–Crippen MR) is 67.7 cm³/mol. The van der Waals surface area contributed by atoms with E-state index in [9.17, 15) is 0 Å². The van der Waals surface area contributed by atoms with E-state index in [0.717, 1.165) is 0 Å². The molecule has 6 nitrogen and oxygen atoms in total. The summed E-state index contributed by atoms with van der Waals surface area (Å²) >= 11 is 5.51. The number of nitrogens with one attached hydrogen (secondary N) is 2. The van der Waals surface area contributed by atoms with Crippen molar-refractivity contribution in [3.05, 3.63) is 24.0 Å². The number of hydrogen-bond acceptors (Lipinski definition) is 5. The Morgan fingerprint density at radius 1 is 1.65 bits per heavy atom. The molecule has 1 unspecified atom stereocenters.